The molecule has 2 saturated heterocycles. The number of nitrogens with zero attached hydrogens (tertiary/aromatic N) is 2. The molecule has 39 heavy (non-hydrogen) atoms. The molecule has 0 aromatic heterocycles. The fraction of sp³-hybridized carbons (Fsp3) is 0.724. The van der Waals surface area contributed by atoms with E-state index in [0.29, 0.717) is 11.8 Å². The summed E-state index contributed by atoms with van der Waals surface area (Å²) in [5.74, 6) is 8.09. The van der Waals surface area contributed by atoms with Gasteiger partial charge in [0.1, 0.15) is 9.98 Å². The summed E-state index contributed by atoms with van der Waals surface area (Å²) in [6, 6.07) is 0. The number of rotatable bonds is 14. The Morgan fingerprint density at radius 2 is 1.08 bits per heavy atom. The molecule has 0 amide bonds. The zero-order valence-electron chi connectivity index (χ0n) is 23.7. The van der Waals surface area contributed by atoms with Crippen LogP contribution in [0.4, 0.5) is 0 Å². The number of hydrogen-bond acceptors (Lipinski definition) is 8. The lowest BCUT2D eigenvalue weighted by molar-refractivity contribution is 0.285. The van der Waals surface area contributed by atoms with Crippen molar-refractivity contribution in [2.45, 2.75) is 83.7 Å². The zero-order chi connectivity index (χ0) is 28.2. The van der Waals surface area contributed by atoms with Crippen LogP contribution in [-0.2, 0) is 0 Å². The number of fused-ring (bicyclic) bond motifs is 2. The van der Waals surface area contributed by atoms with Gasteiger partial charge in [-0.05, 0) is 129 Å². The lowest BCUT2D eigenvalue weighted by Gasteiger charge is -2.44. The van der Waals surface area contributed by atoms with Gasteiger partial charge in [0.2, 0.25) is 0 Å². The first-order valence-corrected chi connectivity index (χ1v) is 20.0. The van der Waals surface area contributed by atoms with Crippen molar-refractivity contribution in [3.8, 4) is 0 Å². The predicted octanol–water partition coefficient (Wildman–Crippen LogP) is 9.18. The van der Waals surface area contributed by atoms with Gasteiger partial charge in [-0.2, -0.15) is 23.5 Å². The maximum atomic E-state index is 5.91. The maximum Gasteiger partial charge on any atom is 0.108 e. The molecule has 10 heteroatoms. The fourth-order valence-corrected chi connectivity index (χ4v) is 12.8. The standard InChI is InChI=1S/C29H42N2S8/c1-28(2,30-24(32)18-22-20(26(30)34)8-16-38-22)10-5-12-36-14-7-15-37-13-6-11-29(3,4)31-25(33)19-23-21(27(31)35)9-17-39-23/h18-21H,5-17H2,1-4H3. The first-order valence-electron chi connectivity index (χ1n) is 14.1. The molecule has 216 valence electrons. The van der Waals surface area contributed by atoms with Crippen LogP contribution in [0.5, 0.6) is 0 Å². The van der Waals surface area contributed by atoms with E-state index >= 15 is 0 Å². The van der Waals surface area contributed by atoms with E-state index in [0.717, 1.165) is 45.6 Å². The molecule has 0 radical (unpaired) electrons. The molecule has 0 spiro atoms. The molecular weight excluding hydrogens is 633 g/mol. The molecule has 4 aliphatic rings. The minimum Gasteiger partial charge on any atom is -0.321 e. The second kappa shape index (κ2) is 14.5. The van der Waals surface area contributed by atoms with E-state index in [1.165, 1.54) is 63.6 Å². The van der Waals surface area contributed by atoms with Crippen LogP contribution in [0.3, 0.4) is 0 Å². The summed E-state index contributed by atoms with van der Waals surface area (Å²) in [7, 11) is 0. The molecular formula is C29H42N2S8. The van der Waals surface area contributed by atoms with Crippen molar-refractivity contribution < 1.29 is 0 Å². The van der Waals surface area contributed by atoms with Crippen molar-refractivity contribution in [2.24, 2.45) is 11.8 Å². The van der Waals surface area contributed by atoms with Gasteiger partial charge in [-0.15, -0.1) is 23.5 Å². The van der Waals surface area contributed by atoms with Crippen molar-refractivity contribution in [1.82, 2.24) is 9.80 Å². The van der Waals surface area contributed by atoms with Gasteiger partial charge in [-0.3, -0.25) is 0 Å². The van der Waals surface area contributed by atoms with Crippen molar-refractivity contribution >= 4 is 116 Å². The normalized spacial score (nSPS) is 23.8. The second-order valence-electron chi connectivity index (χ2n) is 11.9. The van der Waals surface area contributed by atoms with Gasteiger partial charge in [0, 0.05) is 22.9 Å². The number of thioether (sulfide) groups is 4. The van der Waals surface area contributed by atoms with Gasteiger partial charge >= 0.3 is 0 Å². The SMILES string of the molecule is CC(C)(CCCSCCCSCCCC(C)(C)N1C(=S)C=C2SCCC2C1=S)N1C(=S)C=C2SCCC2C1=S. The summed E-state index contributed by atoms with van der Waals surface area (Å²) >= 11 is 31.4. The second-order valence-corrected chi connectivity index (χ2v) is 18.4. The summed E-state index contributed by atoms with van der Waals surface area (Å²) in [6.07, 6.45) is 12.7. The lowest BCUT2D eigenvalue weighted by atomic mass is 9.91. The van der Waals surface area contributed by atoms with E-state index in [1.54, 1.807) is 0 Å². The Bertz CT molecular complexity index is 950. The number of thiocarbonyl (C=S) groups is 4. The molecule has 0 N–H and O–H groups in total. The molecule has 2 unspecified atom stereocenters. The highest BCUT2D eigenvalue weighted by molar-refractivity contribution is 8.04. The summed E-state index contributed by atoms with van der Waals surface area (Å²) < 4.78 is 0. The molecule has 0 bridgehead atoms. The molecule has 4 rings (SSSR count). The third-order valence-electron chi connectivity index (χ3n) is 7.99. The van der Waals surface area contributed by atoms with Crippen LogP contribution >= 0.6 is 95.9 Å². The van der Waals surface area contributed by atoms with Crippen molar-refractivity contribution in [3.05, 3.63) is 22.0 Å². The van der Waals surface area contributed by atoms with E-state index in [-0.39, 0.29) is 11.1 Å². The van der Waals surface area contributed by atoms with Crippen molar-refractivity contribution in [1.29, 1.82) is 0 Å². The summed E-state index contributed by atoms with van der Waals surface area (Å²) in [5, 5.41) is 0. The Balaban J connectivity index is 1.06. The van der Waals surface area contributed by atoms with Crippen molar-refractivity contribution in [2.75, 3.05) is 34.5 Å². The molecule has 4 heterocycles. The van der Waals surface area contributed by atoms with Gasteiger partial charge < -0.3 is 9.80 Å². The van der Waals surface area contributed by atoms with E-state index in [9.17, 15) is 0 Å². The highest BCUT2D eigenvalue weighted by Crippen LogP contribution is 2.44. The van der Waals surface area contributed by atoms with Crippen LogP contribution in [0.2, 0.25) is 0 Å². The van der Waals surface area contributed by atoms with E-state index < -0.39 is 0 Å². The van der Waals surface area contributed by atoms with E-state index in [4.69, 9.17) is 48.9 Å². The molecule has 0 aromatic carbocycles. The molecule has 2 nitrogen and oxygen atoms in total. The smallest absolute Gasteiger partial charge is 0.108 e. The summed E-state index contributed by atoms with van der Waals surface area (Å²) in [4.78, 5) is 11.3. The minimum absolute atomic E-state index is 0.00996. The van der Waals surface area contributed by atoms with Crippen LogP contribution in [0.1, 0.15) is 72.6 Å². The predicted molar refractivity (Wildman–Crippen MR) is 197 cm³/mol. The van der Waals surface area contributed by atoms with E-state index in [2.05, 4.69) is 73.2 Å². The minimum atomic E-state index is -0.00996. The van der Waals surface area contributed by atoms with Gasteiger partial charge in [0.15, 0.2) is 0 Å². The van der Waals surface area contributed by atoms with Gasteiger partial charge in [0.25, 0.3) is 0 Å². The molecule has 2 fully saturated rings. The molecule has 2 atom stereocenters. The van der Waals surface area contributed by atoms with Crippen LogP contribution in [0.15, 0.2) is 22.0 Å². The van der Waals surface area contributed by atoms with Crippen LogP contribution < -0.4 is 0 Å². The Kier molecular flexibility index (Phi) is 12.2. The van der Waals surface area contributed by atoms with Crippen molar-refractivity contribution in [3.63, 3.8) is 0 Å². The monoisotopic (exact) mass is 674 g/mol. The first kappa shape index (κ1) is 32.7. The third kappa shape index (κ3) is 8.07. The molecule has 0 aliphatic carbocycles. The average molecular weight is 675 g/mol. The Morgan fingerprint density at radius 3 is 1.49 bits per heavy atom. The lowest BCUT2D eigenvalue weighted by Crippen LogP contribution is -2.53. The topological polar surface area (TPSA) is 6.48 Å². The van der Waals surface area contributed by atoms with Crippen LogP contribution in [0, 0.1) is 11.8 Å². The van der Waals surface area contributed by atoms with E-state index in [1.807, 2.05) is 23.5 Å². The maximum absolute atomic E-state index is 5.91. The summed E-state index contributed by atoms with van der Waals surface area (Å²) in [6.45, 7) is 9.23. The van der Waals surface area contributed by atoms with Gasteiger partial charge in [-0.1, -0.05) is 48.9 Å². The largest absolute Gasteiger partial charge is 0.321 e. The average Bonchev–Trinajstić information content (AvgIpc) is 3.52. The fourth-order valence-electron chi connectivity index (χ4n) is 5.85. The molecule has 4 aliphatic heterocycles. The number of hydrogen-bond donors (Lipinski definition) is 0. The molecule has 0 saturated carbocycles. The summed E-state index contributed by atoms with van der Waals surface area (Å²) in [5.41, 5.74) is -0.0199. The molecule has 0 aromatic rings. The van der Waals surface area contributed by atoms with Crippen LogP contribution in [-0.4, -0.2) is 75.3 Å². The van der Waals surface area contributed by atoms with Gasteiger partial charge in [0.05, 0.1) is 9.98 Å². The van der Waals surface area contributed by atoms with Crippen LogP contribution in [0.25, 0.3) is 0 Å². The van der Waals surface area contributed by atoms with Gasteiger partial charge in [-0.25, -0.2) is 0 Å². The first-order chi connectivity index (χ1) is 18.5. The highest BCUT2D eigenvalue weighted by Gasteiger charge is 2.41. The Hall–Kier alpha value is 0.840. The quantitative estimate of drug-likeness (QED) is 0.129. The highest BCUT2D eigenvalue weighted by atomic mass is 32.2. The Morgan fingerprint density at radius 1 is 0.692 bits per heavy atom. The zero-order valence-corrected chi connectivity index (χ0v) is 30.2. The third-order valence-corrected chi connectivity index (χ3v) is 14.2. The Labute approximate surface area is 275 Å².